The third-order valence-electron chi connectivity index (χ3n) is 4.15. The van der Waals surface area contributed by atoms with E-state index in [2.05, 4.69) is 29.8 Å². The Bertz CT molecular complexity index is 935. The Labute approximate surface area is 173 Å². The van der Waals surface area contributed by atoms with Gasteiger partial charge in [0.15, 0.2) is 6.61 Å². The average Bonchev–Trinajstić information content (AvgIpc) is 2.67. The molecule has 0 heterocycles. The summed E-state index contributed by atoms with van der Waals surface area (Å²) in [6.07, 6.45) is 1.01. The first-order valence-corrected chi connectivity index (χ1v) is 10.0. The van der Waals surface area contributed by atoms with E-state index in [1.165, 1.54) is 0 Å². The zero-order valence-electron chi connectivity index (χ0n) is 16.0. The monoisotopic (exact) mass is 442 g/mol. The summed E-state index contributed by atoms with van der Waals surface area (Å²) in [7, 11) is 0. The van der Waals surface area contributed by atoms with Crippen molar-refractivity contribution >= 4 is 32.7 Å². The maximum atomic E-state index is 12.1. The highest BCUT2D eigenvalue weighted by molar-refractivity contribution is 9.10. The number of hydrogen-bond donors (Lipinski definition) is 0. The number of hydrogen-bond acceptors (Lipinski definition) is 4. The number of ether oxygens (including phenoxy) is 3. The average molecular weight is 443 g/mol. The van der Waals surface area contributed by atoms with Crippen molar-refractivity contribution in [1.29, 1.82) is 0 Å². The molecule has 0 spiro atoms. The summed E-state index contributed by atoms with van der Waals surface area (Å²) in [5.74, 6) is 2.04. The van der Waals surface area contributed by atoms with Gasteiger partial charge in [-0.3, -0.25) is 0 Å². The van der Waals surface area contributed by atoms with Gasteiger partial charge in [0, 0.05) is 4.47 Å². The Morgan fingerprint density at radius 1 is 0.857 bits per heavy atom. The Kier molecular flexibility index (Phi) is 6.93. The molecule has 3 aromatic carbocycles. The fraction of sp³-hybridized carbons (Fsp3) is 0.261. The van der Waals surface area contributed by atoms with E-state index in [1.54, 1.807) is 18.2 Å². The lowest BCUT2D eigenvalue weighted by Gasteiger charge is -2.10. The van der Waals surface area contributed by atoms with Crippen LogP contribution in [0.5, 0.6) is 17.2 Å². The normalized spacial score (nSPS) is 10.9. The van der Waals surface area contributed by atoms with Gasteiger partial charge in [0.2, 0.25) is 0 Å². The Hall–Kier alpha value is -2.53. The molecule has 0 amide bonds. The molecule has 0 saturated carbocycles. The van der Waals surface area contributed by atoms with Crippen LogP contribution in [-0.2, 0) is 4.79 Å². The number of halogens is 1. The molecule has 0 aliphatic carbocycles. The van der Waals surface area contributed by atoms with Crippen molar-refractivity contribution in [3.05, 3.63) is 65.1 Å². The number of carbonyl (C=O) groups is 1. The molecule has 3 aromatic rings. The molecule has 28 heavy (non-hydrogen) atoms. The molecule has 0 N–H and O–H groups in total. The van der Waals surface area contributed by atoms with Crippen molar-refractivity contribution in [3.63, 3.8) is 0 Å². The minimum atomic E-state index is -0.450. The Morgan fingerprint density at radius 2 is 1.46 bits per heavy atom. The van der Waals surface area contributed by atoms with Gasteiger partial charge in [-0.2, -0.15) is 0 Å². The maximum Gasteiger partial charge on any atom is 0.349 e. The molecule has 0 radical (unpaired) electrons. The van der Waals surface area contributed by atoms with Gasteiger partial charge in [0.1, 0.15) is 17.2 Å². The number of benzene rings is 3. The van der Waals surface area contributed by atoms with Gasteiger partial charge in [-0.25, -0.2) is 4.79 Å². The topological polar surface area (TPSA) is 44.8 Å². The van der Waals surface area contributed by atoms with Crippen LogP contribution in [0.2, 0.25) is 0 Å². The molecule has 0 aliphatic heterocycles. The van der Waals surface area contributed by atoms with Crippen LogP contribution in [0.25, 0.3) is 10.8 Å². The molecule has 146 valence electrons. The first kappa shape index (κ1) is 20.2. The second-order valence-corrected chi connectivity index (χ2v) is 7.83. The van der Waals surface area contributed by atoms with Crippen LogP contribution in [-0.4, -0.2) is 19.2 Å². The number of esters is 1. The molecule has 4 nitrogen and oxygen atoms in total. The predicted octanol–water partition coefficient (Wildman–Crippen LogP) is 6.01. The van der Waals surface area contributed by atoms with Crippen molar-refractivity contribution in [1.82, 2.24) is 0 Å². The van der Waals surface area contributed by atoms with E-state index in [-0.39, 0.29) is 6.61 Å². The van der Waals surface area contributed by atoms with E-state index >= 15 is 0 Å². The van der Waals surface area contributed by atoms with Crippen LogP contribution in [0.15, 0.2) is 65.1 Å². The Morgan fingerprint density at radius 3 is 2.18 bits per heavy atom. The second-order valence-electron chi connectivity index (χ2n) is 6.92. The molecule has 0 atom stereocenters. The van der Waals surface area contributed by atoms with E-state index in [1.807, 2.05) is 42.5 Å². The summed E-state index contributed by atoms with van der Waals surface area (Å²) < 4.78 is 17.6. The summed E-state index contributed by atoms with van der Waals surface area (Å²) in [5.41, 5.74) is 0. The molecule has 0 fully saturated rings. The van der Waals surface area contributed by atoms with Crippen molar-refractivity contribution in [2.75, 3.05) is 13.2 Å². The molecule has 3 rings (SSSR count). The zero-order valence-corrected chi connectivity index (χ0v) is 17.6. The van der Waals surface area contributed by atoms with Crippen LogP contribution in [0.4, 0.5) is 0 Å². The zero-order chi connectivity index (χ0) is 19.9. The van der Waals surface area contributed by atoms with Crippen molar-refractivity contribution in [2.45, 2.75) is 20.3 Å². The SMILES string of the molecule is CC(C)CCOc1ccc(OCC(=O)Oc2ccc3cc(Br)ccc3c2)cc1. The fourth-order valence-corrected chi connectivity index (χ4v) is 2.98. The summed E-state index contributed by atoms with van der Waals surface area (Å²) in [6, 6.07) is 18.7. The molecule has 0 saturated heterocycles. The van der Waals surface area contributed by atoms with E-state index < -0.39 is 5.97 Å². The van der Waals surface area contributed by atoms with Crippen molar-refractivity contribution in [2.24, 2.45) is 5.92 Å². The standard InChI is InChI=1S/C23H23BrO4/c1-16(2)11-12-26-20-7-9-21(10-8-20)27-15-23(25)28-22-6-4-17-13-19(24)5-3-18(17)14-22/h3-10,13-14,16H,11-12,15H2,1-2H3. The summed E-state index contributed by atoms with van der Waals surface area (Å²) in [5, 5.41) is 2.07. The molecule has 0 aliphatic rings. The summed E-state index contributed by atoms with van der Waals surface area (Å²) in [6.45, 7) is 4.85. The molecule has 5 heteroatoms. The van der Waals surface area contributed by atoms with Crippen LogP contribution >= 0.6 is 15.9 Å². The van der Waals surface area contributed by atoms with Gasteiger partial charge in [0.25, 0.3) is 0 Å². The van der Waals surface area contributed by atoms with E-state index in [9.17, 15) is 4.79 Å². The van der Waals surface area contributed by atoms with Gasteiger partial charge in [-0.1, -0.05) is 41.9 Å². The van der Waals surface area contributed by atoms with E-state index in [0.717, 1.165) is 27.4 Å². The predicted molar refractivity (Wildman–Crippen MR) is 114 cm³/mol. The van der Waals surface area contributed by atoms with Crippen LogP contribution < -0.4 is 14.2 Å². The van der Waals surface area contributed by atoms with Crippen molar-refractivity contribution < 1.29 is 19.0 Å². The first-order valence-electron chi connectivity index (χ1n) is 9.25. The minimum absolute atomic E-state index is 0.161. The van der Waals surface area contributed by atoms with Gasteiger partial charge in [-0.05, 0) is 71.6 Å². The highest BCUT2D eigenvalue weighted by atomic mass is 79.9. The van der Waals surface area contributed by atoms with Crippen molar-refractivity contribution in [3.8, 4) is 17.2 Å². The quantitative estimate of drug-likeness (QED) is 0.316. The third-order valence-corrected chi connectivity index (χ3v) is 4.64. The van der Waals surface area contributed by atoms with Crippen LogP contribution in [0.3, 0.4) is 0 Å². The van der Waals surface area contributed by atoms with Crippen LogP contribution in [0.1, 0.15) is 20.3 Å². The highest BCUT2D eigenvalue weighted by Crippen LogP contribution is 2.24. The molecule has 0 unspecified atom stereocenters. The first-order chi connectivity index (χ1) is 13.5. The minimum Gasteiger partial charge on any atom is -0.494 e. The fourth-order valence-electron chi connectivity index (χ4n) is 2.61. The number of fused-ring (bicyclic) bond motifs is 1. The Balaban J connectivity index is 1.49. The lowest BCUT2D eigenvalue weighted by molar-refractivity contribution is -0.136. The maximum absolute atomic E-state index is 12.1. The highest BCUT2D eigenvalue weighted by Gasteiger charge is 2.08. The van der Waals surface area contributed by atoms with Gasteiger partial charge in [-0.15, -0.1) is 0 Å². The van der Waals surface area contributed by atoms with Crippen LogP contribution in [0, 0.1) is 5.92 Å². The lowest BCUT2D eigenvalue weighted by atomic mass is 10.1. The second kappa shape index (κ2) is 9.60. The third kappa shape index (κ3) is 5.99. The molecular formula is C23H23BrO4. The van der Waals surface area contributed by atoms with Gasteiger partial charge < -0.3 is 14.2 Å². The molecule has 0 aromatic heterocycles. The number of rotatable bonds is 8. The molecular weight excluding hydrogens is 420 g/mol. The number of carbonyl (C=O) groups excluding carboxylic acids is 1. The smallest absolute Gasteiger partial charge is 0.349 e. The largest absolute Gasteiger partial charge is 0.494 e. The van der Waals surface area contributed by atoms with Gasteiger partial charge in [0.05, 0.1) is 6.61 Å². The summed E-state index contributed by atoms with van der Waals surface area (Å²) in [4.78, 5) is 12.1. The molecule has 0 bridgehead atoms. The lowest BCUT2D eigenvalue weighted by Crippen LogP contribution is -2.17. The van der Waals surface area contributed by atoms with Gasteiger partial charge >= 0.3 is 5.97 Å². The van der Waals surface area contributed by atoms with E-state index in [4.69, 9.17) is 14.2 Å². The summed E-state index contributed by atoms with van der Waals surface area (Å²) >= 11 is 3.45. The van der Waals surface area contributed by atoms with E-state index in [0.29, 0.717) is 24.0 Å².